The Morgan fingerprint density at radius 2 is 2.26 bits per heavy atom. The molecule has 0 radical (unpaired) electrons. The molecule has 0 bridgehead atoms. The fourth-order valence-electron chi connectivity index (χ4n) is 2.27. The van der Waals surface area contributed by atoms with Crippen molar-refractivity contribution >= 4 is 34.2 Å². The first-order valence-electron chi connectivity index (χ1n) is 6.50. The van der Waals surface area contributed by atoms with Gasteiger partial charge < -0.3 is 15.4 Å². The Hall–Kier alpha value is -0.660. The monoisotopic (exact) mass is 374 g/mol. The van der Waals surface area contributed by atoms with Gasteiger partial charge in [-0.05, 0) is 59.8 Å². The maximum Gasteiger partial charge on any atom is 0.231 e. The molecule has 2 unspecified atom stereocenters. The van der Waals surface area contributed by atoms with Gasteiger partial charge in [0.25, 0.3) is 0 Å². The molecule has 0 aromatic heterocycles. The van der Waals surface area contributed by atoms with E-state index in [4.69, 9.17) is 4.74 Å². The maximum atomic E-state index is 12.3. The van der Waals surface area contributed by atoms with Crippen LogP contribution in [0.3, 0.4) is 0 Å². The van der Waals surface area contributed by atoms with E-state index in [0.717, 1.165) is 17.8 Å². The van der Waals surface area contributed by atoms with Crippen molar-refractivity contribution in [3.63, 3.8) is 0 Å². The predicted octanol–water partition coefficient (Wildman–Crippen LogP) is 2.16. The maximum absolute atomic E-state index is 12.3. The number of amides is 1. The molecule has 1 aliphatic heterocycles. The number of carbonyl (C=O) groups is 1. The summed E-state index contributed by atoms with van der Waals surface area (Å²) in [6.45, 7) is 5.99. The Bertz CT molecular complexity index is 465. The van der Waals surface area contributed by atoms with Crippen LogP contribution in [0.4, 0.5) is 5.69 Å². The minimum Gasteiger partial charge on any atom is -0.379 e. The van der Waals surface area contributed by atoms with E-state index in [1.54, 1.807) is 0 Å². The summed E-state index contributed by atoms with van der Waals surface area (Å²) >= 11 is 2.27. The molecule has 1 amide bonds. The van der Waals surface area contributed by atoms with Gasteiger partial charge in [-0.1, -0.05) is 6.92 Å². The van der Waals surface area contributed by atoms with Gasteiger partial charge in [0.2, 0.25) is 5.91 Å². The molecule has 0 spiro atoms. The summed E-state index contributed by atoms with van der Waals surface area (Å²) in [5.41, 5.74) is 1.96. The highest BCUT2D eigenvalue weighted by Gasteiger charge is 2.33. The largest absolute Gasteiger partial charge is 0.379 e. The van der Waals surface area contributed by atoms with Gasteiger partial charge in [0.15, 0.2) is 0 Å². The number of benzene rings is 1. The molecule has 4 nitrogen and oxygen atoms in total. The molecular formula is C14H19IN2O2. The zero-order chi connectivity index (χ0) is 13.8. The van der Waals surface area contributed by atoms with Gasteiger partial charge in [0.05, 0.1) is 19.1 Å². The van der Waals surface area contributed by atoms with E-state index >= 15 is 0 Å². The molecule has 2 N–H and O–H groups in total. The normalized spacial score (nSPS) is 22.5. The SMILES string of the molecule is CCNC1COCC1C(=O)Nc1ccc(I)cc1C. The van der Waals surface area contributed by atoms with Crippen LogP contribution in [0.25, 0.3) is 0 Å². The third-order valence-electron chi connectivity index (χ3n) is 3.33. The van der Waals surface area contributed by atoms with Crippen molar-refractivity contribution in [1.82, 2.24) is 5.32 Å². The van der Waals surface area contributed by atoms with Crippen LogP contribution in [-0.2, 0) is 9.53 Å². The topological polar surface area (TPSA) is 50.4 Å². The van der Waals surface area contributed by atoms with E-state index in [1.165, 1.54) is 3.57 Å². The average Bonchev–Trinajstić information content (AvgIpc) is 2.81. The molecular weight excluding hydrogens is 355 g/mol. The van der Waals surface area contributed by atoms with Crippen molar-refractivity contribution in [2.24, 2.45) is 5.92 Å². The van der Waals surface area contributed by atoms with E-state index in [9.17, 15) is 4.79 Å². The molecule has 2 rings (SSSR count). The van der Waals surface area contributed by atoms with Crippen molar-refractivity contribution in [2.45, 2.75) is 19.9 Å². The summed E-state index contributed by atoms with van der Waals surface area (Å²) in [5, 5.41) is 6.30. The predicted molar refractivity (Wildman–Crippen MR) is 84.3 cm³/mol. The van der Waals surface area contributed by atoms with Crippen molar-refractivity contribution in [3.05, 3.63) is 27.3 Å². The lowest BCUT2D eigenvalue weighted by molar-refractivity contribution is -0.120. The molecule has 19 heavy (non-hydrogen) atoms. The zero-order valence-electron chi connectivity index (χ0n) is 11.2. The standard InChI is InChI=1S/C14H19IN2O2/c1-3-16-13-8-19-7-11(13)14(18)17-12-5-4-10(15)6-9(12)2/h4-6,11,13,16H,3,7-8H2,1-2H3,(H,17,18). The number of ether oxygens (including phenoxy) is 1. The van der Waals surface area contributed by atoms with E-state index in [2.05, 4.69) is 39.3 Å². The Kier molecular flexibility index (Phi) is 5.18. The minimum absolute atomic E-state index is 0.0350. The van der Waals surface area contributed by atoms with Crippen LogP contribution in [0.1, 0.15) is 12.5 Å². The summed E-state index contributed by atoms with van der Waals surface area (Å²) in [6, 6.07) is 6.13. The number of aryl methyl sites for hydroxylation is 1. The first-order chi connectivity index (χ1) is 9.11. The third kappa shape index (κ3) is 3.67. The van der Waals surface area contributed by atoms with Gasteiger partial charge >= 0.3 is 0 Å². The highest BCUT2D eigenvalue weighted by molar-refractivity contribution is 14.1. The van der Waals surface area contributed by atoms with Crippen LogP contribution in [0.5, 0.6) is 0 Å². The summed E-state index contributed by atoms with van der Waals surface area (Å²) in [4.78, 5) is 12.3. The molecule has 2 atom stereocenters. The van der Waals surface area contributed by atoms with E-state index in [-0.39, 0.29) is 17.9 Å². The number of likely N-dealkylation sites (N-methyl/N-ethyl adjacent to an activating group) is 1. The van der Waals surface area contributed by atoms with E-state index in [1.807, 2.05) is 26.0 Å². The second-order valence-electron chi connectivity index (χ2n) is 4.76. The zero-order valence-corrected chi connectivity index (χ0v) is 13.4. The number of carbonyl (C=O) groups excluding carboxylic acids is 1. The van der Waals surface area contributed by atoms with Crippen molar-refractivity contribution < 1.29 is 9.53 Å². The lowest BCUT2D eigenvalue weighted by Crippen LogP contribution is -2.41. The number of hydrogen-bond donors (Lipinski definition) is 2. The van der Waals surface area contributed by atoms with Crippen LogP contribution < -0.4 is 10.6 Å². The Morgan fingerprint density at radius 1 is 1.47 bits per heavy atom. The quantitative estimate of drug-likeness (QED) is 0.795. The first kappa shape index (κ1) is 14.7. The fourth-order valence-corrected chi connectivity index (χ4v) is 2.92. The van der Waals surface area contributed by atoms with Gasteiger partial charge in [-0.2, -0.15) is 0 Å². The number of nitrogens with one attached hydrogen (secondary N) is 2. The summed E-state index contributed by atoms with van der Waals surface area (Å²) < 4.78 is 6.58. The van der Waals surface area contributed by atoms with Crippen LogP contribution in [0, 0.1) is 16.4 Å². The second kappa shape index (κ2) is 6.67. The first-order valence-corrected chi connectivity index (χ1v) is 7.58. The van der Waals surface area contributed by atoms with Crippen molar-refractivity contribution in [1.29, 1.82) is 0 Å². The summed E-state index contributed by atoms with van der Waals surface area (Å²) in [5.74, 6) is -0.0774. The Labute approximate surface area is 127 Å². The highest BCUT2D eigenvalue weighted by Crippen LogP contribution is 2.21. The molecule has 1 aromatic carbocycles. The smallest absolute Gasteiger partial charge is 0.231 e. The molecule has 1 aromatic rings. The van der Waals surface area contributed by atoms with Crippen molar-refractivity contribution in [3.8, 4) is 0 Å². The fraction of sp³-hybridized carbons (Fsp3) is 0.500. The molecule has 1 fully saturated rings. The van der Waals surface area contributed by atoms with E-state index in [0.29, 0.717) is 13.2 Å². The summed E-state index contributed by atoms with van der Waals surface area (Å²) in [6.07, 6.45) is 0. The highest BCUT2D eigenvalue weighted by atomic mass is 127. The Balaban J connectivity index is 2.04. The van der Waals surface area contributed by atoms with Gasteiger partial charge in [-0.25, -0.2) is 0 Å². The third-order valence-corrected chi connectivity index (χ3v) is 4.00. The van der Waals surface area contributed by atoms with Crippen molar-refractivity contribution in [2.75, 3.05) is 25.1 Å². The number of halogens is 1. The minimum atomic E-state index is -0.112. The molecule has 1 aliphatic rings. The van der Waals surface area contributed by atoms with Crippen LogP contribution in [0.2, 0.25) is 0 Å². The van der Waals surface area contributed by atoms with Crippen LogP contribution in [-0.4, -0.2) is 31.7 Å². The van der Waals surface area contributed by atoms with Crippen LogP contribution >= 0.6 is 22.6 Å². The summed E-state index contributed by atoms with van der Waals surface area (Å²) in [7, 11) is 0. The molecule has 1 saturated heterocycles. The molecule has 5 heteroatoms. The average molecular weight is 374 g/mol. The van der Waals surface area contributed by atoms with Gasteiger partial charge in [-0.3, -0.25) is 4.79 Å². The molecule has 0 aliphatic carbocycles. The lowest BCUT2D eigenvalue weighted by atomic mass is 10.0. The molecule has 104 valence electrons. The number of rotatable bonds is 4. The Morgan fingerprint density at radius 3 is 2.95 bits per heavy atom. The number of hydrogen-bond acceptors (Lipinski definition) is 3. The van der Waals surface area contributed by atoms with Gasteiger partial charge in [0.1, 0.15) is 0 Å². The lowest BCUT2D eigenvalue weighted by Gasteiger charge is -2.18. The molecule has 0 saturated carbocycles. The van der Waals surface area contributed by atoms with Crippen LogP contribution in [0.15, 0.2) is 18.2 Å². The molecule has 1 heterocycles. The van der Waals surface area contributed by atoms with Gasteiger partial charge in [0, 0.05) is 15.3 Å². The van der Waals surface area contributed by atoms with E-state index < -0.39 is 0 Å². The second-order valence-corrected chi connectivity index (χ2v) is 6.00. The number of anilines is 1. The van der Waals surface area contributed by atoms with Gasteiger partial charge in [-0.15, -0.1) is 0 Å².